The van der Waals surface area contributed by atoms with E-state index in [1.54, 1.807) is 36.4 Å². The van der Waals surface area contributed by atoms with Crippen LogP contribution in [0.25, 0.3) is 0 Å². The molecule has 0 bridgehead atoms. The quantitative estimate of drug-likeness (QED) is 0.404. The summed E-state index contributed by atoms with van der Waals surface area (Å²) >= 11 is 1.36. The van der Waals surface area contributed by atoms with Crippen molar-refractivity contribution >= 4 is 40.4 Å². The van der Waals surface area contributed by atoms with E-state index in [2.05, 4.69) is 5.32 Å². The first-order valence-electron chi connectivity index (χ1n) is 8.50. The molecule has 0 atom stereocenters. The molecule has 0 saturated heterocycles. The Morgan fingerprint density at radius 1 is 0.677 bits per heavy atom. The highest BCUT2D eigenvalue weighted by Gasteiger charge is 2.20. The Morgan fingerprint density at radius 2 is 1.13 bits per heavy atom. The maximum atomic E-state index is 12.4. The molecule has 0 aromatic heterocycles. The van der Waals surface area contributed by atoms with E-state index in [4.69, 9.17) is 0 Å². The molecule has 0 aliphatic rings. The lowest BCUT2D eigenvalue weighted by Crippen LogP contribution is -2.12. The minimum absolute atomic E-state index is 0.0104. The van der Waals surface area contributed by atoms with Crippen LogP contribution in [0, 0.1) is 30.3 Å². The number of carbonyl (C=O) groups is 1. The van der Waals surface area contributed by atoms with E-state index in [1.165, 1.54) is 23.9 Å². The topological polar surface area (TPSA) is 159 Å². The molecule has 31 heavy (non-hydrogen) atoms. The molecule has 0 radical (unpaired) electrons. The summed E-state index contributed by atoms with van der Waals surface area (Å²) in [4.78, 5) is 44.5. The zero-order chi connectivity index (χ0) is 22.5. The van der Waals surface area contributed by atoms with Gasteiger partial charge in [0.05, 0.1) is 26.4 Å². The Bertz CT molecular complexity index is 1150. The number of nitro benzene ring substituents is 3. The number of non-ortho nitro benzene ring substituents is 3. The van der Waals surface area contributed by atoms with E-state index in [0.717, 1.165) is 28.0 Å². The van der Waals surface area contributed by atoms with Crippen molar-refractivity contribution in [3.63, 3.8) is 0 Å². The monoisotopic (exact) mass is 440 g/mol. The Morgan fingerprint density at radius 3 is 1.58 bits per heavy atom. The predicted octanol–water partition coefficient (Wildman–Crippen LogP) is 4.81. The summed E-state index contributed by atoms with van der Waals surface area (Å²) < 4.78 is 0. The number of hydrogen-bond acceptors (Lipinski definition) is 8. The van der Waals surface area contributed by atoms with Gasteiger partial charge in [-0.3, -0.25) is 35.1 Å². The van der Waals surface area contributed by atoms with E-state index < -0.39 is 32.1 Å². The molecule has 0 spiro atoms. The highest BCUT2D eigenvalue weighted by atomic mass is 32.2. The molecule has 11 nitrogen and oxygen atoms in total. The molecule has 3 aromatic carbocycles. The number of carbonyl (C=O) groups excluding carboxylic acids is 1. The van der Waals surface area contributed by atoms with Gasteiger partial charge in [0.2, 0.25) is 0 Å². The first kappa shape index (κ1) is 21.4. The molecule has 0 saturated carbocycles. The van der Waals surface area contributed by atoms with Crippen LogP contribution >= 0.6 is 11.8 Å². The van der Waals surface area contributed by atoms with Crippen LogP contribution < -0.4 is 5.32 Å². The van der Waals surface area contributed by atoms with Crippen molar-refractivity contribution in [3.05, 3.63) is 103 Å². The van der Waals surface area contributed by atoms with Gasteiger partial charge in [0.25, 0.3) is 23.0 Å². The van der Waals surface area contributed by atoms with Crippen LogP contribution in [0.1, 0.15) is 10.4 Å². The summed E-state index contributed by atoms with van der Waals surface area (Å²) in [5.41, 5.74) is -0.968. The fourth-order valence-electron chi connectivity index (χ4n) is 2.52. The first-order valence-corrected chi connectivity index (χ1v) is 9.32. The van der Waals surface area contributed by atoms with Crippen molar-refractivity contribution in [1.82, 2.24) is 0 Å². The summed E-state index contributed by atoms with van der Waals surface area (Å²) in [6.07, 6.45) is 0. The zero-order valence-electron chi connectivity index (χ0n) is 15.5. The molecule has 12 heteroatoms. The van der Waals surface area contributed by atoms with Gasteiger partial charge in [-0.15, -0.1) is 0 Å². The molecule has 0 unspecified atom stereocenters. The van der Waals surface area contributed by atoms with Crippen LogP contribution in [0.4, 0.5) is 22.7 Å². The molecule has 0 heterocycles. The molecular formula is C19H12N4O7S. The lowest BCUT2D eigenvalue weighted by molar-refractivity contribution is -0.394. The fraction of sp³-hybridized carbons (Fsp3) is 0. The fourth-order valence-corrected chi connectivity index (χ4v) is 3.34. The number of anilines is 1. The van der Waals surface area contributed by atoms with Crippen LogP contribution in [0.3, 0.4) is 0 Å². The van der Waals surface area contributed by atoms with Gasteiger partial charge in [-0.05, 0) is 36.4 Å². The van der Waals surface area contributed by atoms with Crippen LogP contribution in [0.2, 0.25) is 0 Å². The number of amides is 1. The minimum Gasteiger partial charge on any atom is -0.322 e. The van der Waals surface area contributed by atoms with Crippen LogP contribution in [-0.4, -0.2) is 20.7 Å². The van der Waals surface area contributed by atoms with E-state index in [0.29, 0.717) is 5.69 Å². The van der Waals surface area contributed by atoms with Crippen LogP contribution in [-0.2, 0) is 0 Å². The van der Waals surface area contributed by atoms with Gasteiger partial charge in [-0.1, -0.05) is 11.8 Å². The summed E-state index contributed by atoms with van der Waals surface area (Å²) in [6.45, 7) is 0. The molecule has 3 aromatic rings. The number of nitrogens with zero attached hydrogens (tertiary/aromatic N) is 3. The molecule has 3 rings (SSSR count). The maximum Gasteiger partial charge on any atom is 0.277 e. The van der Waals surface area contributed by atoms with Crippen molar-refractivity contribution in [1.29, 1.82) is 0 Å². The Balaban J connectivity index is 1.72. The number of rotatable bonds is 7. The predicted molar refractivity (Wildman–Crippen MR) is 111 cm³/mol. The highest BCUT2D eigenvalue weighted by molar-refractivity contribution is 7.99. The van der Waals surface area contributed by atoms with Gasteiger partial charge in [-0.2, -0.15) is 0 Å². The minimum atomic E-state index is -0.812. The molecule has 1 N–H and O–H groups in total. The van der Waals surface area contributed by atoms with E-state index in [1.807, 2.05) is 0 Å². The molecule has 156 valence electrons. The van der Waals surface area contributed by atoms with Crippen molar-refractivity contribution in [2.75, 3.05) is 5.32 Å². The smallest absolute Gasteiger partial charge is 0.277 e. The van der Waals surface area contributed by atoms with Crippen molar-refractivity contribution in [3.8, 4) is 0 Å². The normalized spacial score (nSPS) is 10.3. The van der Waals surface area contributed by atoms with Gasteiger partial charge in [-0.25, -0.2) is 0 Å². The van der Waals surface area contributed by atoms with E-state index in [-0.39, 0.29) is 11.3 Å². The van der Waals surface area contributed by atoms with Gasteiger partial charge >= 0.3 is 0 Å². The van der Waals surface area contributed by atoms with Gasteiger partial charge in [0.1, 0.15) is 0 Å². The molecular weight excluding hydrogens is 428 g/mol. The first-order chi connectivity index (χ1) is 14.7. The van der Waals surface area contributed by atoms with Crippen molar-refractivity contribution in [2.45, 2.75) is 9.79 Å². The highest BCUT2D eigenvalue weighted by Crippen LogP contribution is 2.30. The van der Waals surface area contributed by atoms with Gasteiger partial charge in [0.15, 0.2) is 0 Å². The Hall–Kier alpha value is -4.32. The third-order valence-electron chi connectivity index (χ3n) is 3.98. The third-order valence-corrected chi connectivity index (χ3v) is 5.00. The Labute approximate surface area is 178 Å². The number of hydrogen-bond donors (Lipinski definition) is 1. The molecule has 0 aliphatic carbocycles. The number of nitrogens with one attached hydrogen (secondary N) is 1. The van der Waals surface area contributed by atoms with Gasteiger partial charge < -0.3 is 5.32 Å². The third kappa shape index (κ3) is 5.39. The summed E-state index contributed by atoms with van der Waals surface area (Å²) in [6, 6.07) is 15.3. The standard InChI is InChI=1S/C19H12N4O7S/c24-19(12-9-15(22(27)28)11-16(10-12)23(29)30)20-13-1-5-17(6-2-13)31-18-7-3-14(4-8-18)21(25)26/h1-11H,(H,20,24). The van der Waals surface area contributed by atoms with E-state index >= 15 is 0 Å². The molecule has 0 fully saturated rings. The second-order valence-corrected chi connectivity index (χ2v) is 7.23. The average molecular weight is 440 g/mol. The number of benzene rings is 3. The average Bonchev–Trinajstić information content (AvgIpc) is 2.75. The maximum absolute atomic E-state index is 12.4. The lowest BCUT2D eigenvalue weighted by atomic mass is 10.1. The zero-order valence-corrected chi connectivity index (χ0v) is 16.3. The lowest BCUT2D eigenvalue weighted by Gasteiger charge is -2.07. The summed E-state index contributed by atoms with van der Waals surface area (Å²) in [7, 11) is 0. The second-order valence-electron chi connectivity index (χ2n) is 6.08. The van der Waals surface area contributed by atoms with Crippen LogP contribution in [0.5, 0.6) is 0 Å². The largest absolute Gasteiger partial charge is 0.322 e. The molecule has 1 amide bonds. The number of nitro groups is 3. The SMILES string of the molecule is O=C(Nc1ccc(Sc2ccc([N+](=O)[O-])cc2)cc1)c1cc([N+](=O)[O-])cc([N+](=O)[O-])c1. The second kappa shape index (κ2) is 9.00. The van der Waals surface area contributed by atoms with Crippen molar-refractivity contribution < 1.29 is 19.6 Å². The van der Waals surface area contributed by atoms with E-state index in [9.17, 15) is 35.1 Å². The summed E-state index contributed by atoms with van der Waals surface area (Å²) in [5.74, 6) is -0.734. The summed E-state index contributed by atoms with van der Waals surface area (Å²) in [5, 5.41) is 35.2. The molecule has 0 aliphatic heterocycles. The van der Waals surface area contributed by atoms with Crippen molar-refractivity contribution in [2.24, 2.45) is 0 Å². The van der Waals surface area contributed by atoms with Crippen LogP contribution in [0.15, 0.2) is 76.5 Å². The van der Waals surface area contributed by atoms with Gasteiger partial charge in [0, 0.05) is 39.7 Å². The Kier molecular flexibility index (Phi) is 6.21.